The molecule has 0 aromatic heterocycles. The second kappa shape index (κ2) is 10.6. The first-order chi connectivity index (χ1) is 14.5. The summed E-state index contributed by atoms with van der Waals surface area (Å²) in [6.45, 7) is 9.35. The van der Waals surface area contributed by atoms with Gasteiger partial charge in [-0.05, 0) is 64.4 Å². The maximum Gasteiger partial charge on any atom is 0.411 e. The normalized spacial score (nSPS) is 15.5. The standard InChI is InChI=1S/C23H34N2O6/c1-16(2)14-20(21(26)30-19-8-6-7-9-19)24(22(27)31-23(3,4)5)15-17-10-12-18(13-11-17)25(28)29/h10-13,16,19-20H,6-9,14-15H2,1-5H3/t20-/m0/s1. The van der Waals surface area contributed by atoms with Crippen molar-refractivity contribution >= 4 is 17.7 Å². The highest BCUT2D eigenvalue weighted by Gasteiger charge is 2.36. The Morgan fingerprint density at radius 2 is 1.74 bits per heavy atom. The number of rotatable bonds is 8. The number of carbonyl (C=O) groups is 2. The van der Waals surface area contributed by atoms with Crippen LogP contribution in [0.4, 0.5) is 10.5 Å². The van der Waals surface area contributed by atoms with Crippen LogP contribution in [0.3, 0.4) is 0 Å². The van der Waals surface area contributed by atoms with E-state index in [4.69, 9.17) is 9.47 Å². The summed E-state index contributed by atoms with van der Waals surface area (Å²) in [7, 11) is 0. The van der Waals surface area contributed by atoms with E-state index in [1.165, 1.54) is 17.0 Å². The Labute approximate surface area is 184 Å². The van der Waals surface area contributed by atoms with Crippen LogP contribution in [0.25, 0.3) is 0 Å². The predicted molar refractivity (Wildman–Crippen MR) is 116 cm³/mol. The number of nitrogens with zero attached hydrogens (tertiary/aromatic N) is 2. The van der Waals surface area contributed by atoms with Gasteiger partial charge >= 0.3 is 12.1 Å². The second-order valence-corrected chi connectivity index (χ2v) is 9.52. The first kappa shape index (κ1) is 24.6. The molecule has 1 aliphatic carbocycles. The number of ether oxygens (including phenoxy) is 2. The largest absolute Gasteiger partial charge is 0.461 e. The molecule has 0 heterocycles. The molecule has 1 aliphatic rings. The van der Waals surface area contributed by atoms with Gasteiger partial charge in [0, 0.05) is 18.7 Å². The maximum atomic E-state index is 13.1. The van der Waals surface area contributed by atoms with Gasteiger partial charge in [-0.25, -0.2) is 9.59 Å². The number of non-ortho nitro benzene ring substituents is 1. The second-order valence-electron chi connectivity index (χ2n) is 9.52. The lowest BCUT2D eigenvalue weighted by Crippen LogP contribution is -2.48. The Balaban J connectivity index is 2.31. The molecule has 172 valence electrons. The summed E-state index contributed by atoms with van der Waals surface area (Å²) in [6.07, 6.45) is 3.46. The number of hydrogen-bond donors (Lipinski definition) is 0. The van der Waals surface area contributed by atoms with Crippen LogP contribution in [0.2, 0.25) is 0 Å². The summed E-state index contributed by atoms with van der Waals surface area (Å²) < 4.78 is 11.3. The van der Waals surface area contributed by atoms with Crippen molar-refractivity contribution in [3.8, 4) is 0 Å². The minimum absolute atomic E-state index is 0.0352. The molecule has 1 saturated carbocycles. The van der Waals surface area contributed by atoms with E-state index in [9.17, 15) is 19.7 Å². The fraction of sp³-hybridized carbons (Fsp3) is 0.652. The van der Waals surface area contributed by atoms with E-state index in [2.05, 4.69) is 0 Å². The third-order valence-corrected chi connectivity index (χ3v) is 5.06. The molecule has 1 aromatic carbocycles. The Morgan fingerprint density at radius 3 is 2.23 bits per heavy atom. The van der Waals surface area contributed by atoms with Gasteiger partial charge in [0.15, 0.2) is 0 Å². The molecule has 1 atom stereocenters. The fourth-order valence-corrected chi connectivity index (χ4v) is 3.59. The van der Waals surface area contributed by atoms with Gasteiger partial charge in [-0.15, -0.1) is 0 Å². The molecule has 8 heteroatoms. The van der Waals surface area contributed by atoms with E-state index in [0.29, 0.717) is 12.0 Å². The minimum atomic E-state index is -0.800. The van der Waals surface area contributed by atoms with Crippen LogP contribution in [0.15, 0.2) is 24.3 Å². The molecule has 0 unspecified atom stereocenters. The molecule has 2 rings (SSSR count). The van der Waals surface area contributed by atoms with Crippen molar-refractivity contribution in [1.29, 1.82) is 0 Å². The first-order valence-electron chi connectivity index (χ1n) is 10.9. The van der Waals surface area contributed by atoms with E-state index in [1.807, 2.05) is 13.8 Å². The monoisotopic (exact) mass is 434 g/mol. The molecular formula is C23H34N2O6. The van der Waals surface area contributed by atoms with Gasteiger partial charge in [0.1, 0.15) is 17.7 Å². The van der Waals surface area contributed by atoms with E-state index in [-0.39, 0.29) is 24.3 Å². The average Bonchev–Trinajstić information content (AvgIpc) is 3.16. The van der Waals surface area contributed by atoms with Gasteiger partial charge in [-0.2, -0.15) is 0 Å². The van der Waals surface area contributed by atoms with E-state index >= 15 is 0 Å². The summed E-state index contributed by atoms with van der Waals surface area (Å²) in [5.74, 6) is -0.281. The summed E-state index contributed by atoms with van der Waals surface area (Å²) in [6, 6.07) is 5.15. The number of esters is 1. The number of nitro benzene ring substituents is 1. The van der Waals surface area contributed by atoms with E-state index in [1.54, 1.807) is 32.9 Å². The van der Waals surface area contributed by atoms with Gasteiger partial charge in [-0.1, -0.05) is 26.0 Å². The number of benzene rings is 1. The fourth-order valence-electron chi connectivity index (χ4n) is 3.59. The van der Waals surface area contributed by atoms with Crippen molar-refractivity contribution < 1.29 is 24.0 Å². The summed E-state index contributed by atoms with van der Waals surface area (Å²) in [5, 5.41) is 10.9. The van der Waals surface area contributed by atoms with Gasteiger partial charge in [0.2, 0.25) is 0 Å². The lowest BCUT2D eigenvalue weighted by atomic mass is 10.0. The smallest absolute Gasteiger partial charge is 0.411 e. The van der Waals surface area contributed by atoms with Crippen LogP contribution in [-0.4, -0.2) is 39.6 Å². The van der Waals surface area contributed by atoms with Crippen LogP contribution in [-0.2, 0) is 20.8 Å². The number of nitro groups is 1. The predicted octanol–water partition coefficient (Wildman–Crippen LogP) is 5.23. The Hall–Kier alpha value is -2.64. The van der Waals surface area contributed by atoms with Gasteiger partial charge < -0.3 is 9.47 Å². The Kier molecular flexibility index (Phi) is 8.42. The zero-order chi connectivity index (χ0) is 23.2. The Bertz CT molecular complexity index is 763. The quantitative estimate of drug-likeness (QED) is 0.315. The van der Waals surface area contributed by atoms with Gasteiger partial charge in [0.05, 0.1) is 4.92 Å². The number of hydrogen-bond acceptors (Lipinski definition) is 6. The van der Waals surface area contributed by atoms with Crippen LogP contribution in [0.5, 0.6) is 0 Å². The van der Waals surface area contributed by atoms with Crippen molar-refractivity contribution in [2.45, 2.75) is 91.0 Å². The molecule has 8 nitrogen and oxygen atoms in total. The highest BCUT2D eigenvalue weighted by Crippen LogP contribution is 2.25. The first-order valence-corrected chi connectivity index (χ1v) is 10.9. The van der Waals surface area contributed by atoms with E-state index in [0.717, 1.165) is 25.7 Å². The molecule has 0 spiro atoms. The molecule has 1 amide bonds. The highest BCUT2D eigenvalue weighted by molar-refractivity contribution is 5.81. The molecule has 0 N–H and O–H groups in total. The van der Waals surface area contributed by atoms with Crippen LogP contribution >= 0.6 is 0 Å². The third kappa shape index (κ3) is 7.84. The number of amides is 1. The van der Waals surface area contributed by atoms with Crippen LogP contribution in [0.1, 0.15) is 72.3 Å². The maximum absolute atomic E-state index is 13.1. The third-order valence-electron chi connectivity index (χ3n) is 5.06. The average molecular weight is 435 g/mol. The Morgan fingerprint density at radius 1 is 1.16 bits per heavy atom. The molecule has 1 fully saturated rings. The van der Waals surface area contributed by atoms with Crippen molar-refractivity contribution in [3.63, 3.8) is 0 Å². The van der Waals surface area contributed by atoms with Crippen molar-refractivity contribution in [3.05, 3.63) is 39.9 Å². The van der Waals surface area contributed by atoms with Crippen LogP contribution in [0, 0.1) is 16.0 Å². The van der Waals surface area contributed by atoms with Crippen molar-refractivity contribution in [2.75, 3.05) is 0 Å². The molecule has 0 aliphatic heterocycles. The molecule has 0 bridgehead atoms. The summed E-state index contributed by atoms with van der Waals surface area (Å²) in [5.41, 5.74) is -0.103. The van der Waals surface area contributed by atoms with E-state index < -0.39 is 28.6 Å². The lowest BCUT2D eigenvalue weighted by molar-refractivity contribution is -0.384. The van der Waals surface area contributed by atoms with Crippen molar-refractivity contribution in [1.82, 2.24) is 4.90 Å². The van der Waals surface area contributed by atoms with Gasteiger partial charge in [0.25, 0.3) is 5.69 Å². The molecule has 0 radical (unpaired) electrons. The molecule has 0 saturated heterocycles. The van der Waals surface area contributed by atoms with Crippen molar-refractivity contribution in [2.24, 2.45) is 5.92 Å². The molecule has 31 heavy (non-hydrogen) atoms. The van der Waals surface area contributed by atoms with Crippen LogP contribution < -0.4 is 0 Å². The topological polar surface area (TPSA) is 99.0 Å². The summed E-state index contributed by atoms with van der Waals surface area (Å²) >= 11 is 0. The zero-order valence-corrected chi connectivity index (χ0v) is 19.1. The summed E-state index contributed by atoms with van der Waals surface area (Å²) in [4.78, 5) is 38.1. The highest BCUT2D eigenvalue weighted by atomic mass is 16.6. The lowest BCUT2D eigenvalue weighted by Gasteiger charge is -2.33. The van der Waals surface area contributed by atoms with Gasteiger partial charge in [-0.3, -0.25) is 15.0 Å². The SMILES string of the molecule is CC(C)C[C@@H](C(=O)OC1CCCC1)N(Cc1ccc([N+](=O)[O-])cc1)C(=O)OC(C)(C)C. The molecule has 1 aromatic rings. The number of carbonyl (C=O) groups excluding carboxylic acids is 2. The molecular weight excluding hydrogens is 400 g/mol. The minimum Gasteiger partial charge on any atom is -0.461 e. The zero-order valence-electron chi connectivity index (χ0n) is 19.1.